The second-order valence-corrected chi connectivity index (χ2v) is 2.80. The third-order valence-electron chi connectivity index (χ3n) is 2.05. The fourth-order valence-corrected chi connectivity index (χ4v) is 1.43. The van der Waals surface area contributed by atoms with Crippen molar-refractivity contribution in [2.45, 2.75) is 6.92 Å². The highest BCUT2D eigenvalue weighted by molar-refractivity contribution is 5.85. The first kappa shape index (κ1) is 9.14. The molecule has 0 aliphatic carbocycles. The number of rotatable bonds is 0. The Morgan fingerprint density at radius 3 is 2.75 bits per heavy atom. The van der Waals surface area contributed by atoms with Crippen LogP contribution in [0.3, 0.4) is 0 Å². The monoisotopic (exact) mass is 181 g/mol. The third kappa shape index (κ3) is 1.46. The first-order valence-electron chi connectivity index (χ1n) is 3.88. The lowest BCUT2D eigenvalue weighted by atomic mass is 10.1. The summed E-state index contributed by atoms with van der Waals surface area (Å²) in [5.41, 5.74) is 1.28. The van der Waals surface area contributed by atoms with Crippen LogP contribution in [0, 0.1) is 0 Å². The Hall–Kier alpha value is -0.950. The Labute approximate surface area is 78.2 Å². The molecule has 1 nitrogen and oxygen atoms in total. The van der Waals surface area contributed by atoms with Crippen molar-refractivity contribution in [3.63, 3.8) is 0 Å². The van der Waals surface area contributed by atoms with Crippen molar-refractivity contribution in [1.29, 1.82) is 0 Å². The molecule has 64 valence electrons. The van der Waals surface area contributed by atoms with E-state index in [1.807, 2.05) is 0 Å². The maximum absolute atomic E-state index is 3.30. The van der Waals surface area contributed by atoms with E-state index in [1.54, 1.807) is 0 Å². The molecule has 0 amide bonds. The summed E-state index contributed by atoms with van der Waals surface area (Å²) >= 11 is 0. The predicted octanol–water partition coefficient (Wildman–Crippen LogP) is 0.620. The minimum atomic E-state index is 0. The molecule has 0 saturated heterocycles. The van der Waals surface area contributed by atoms with Gasteiger partial charge in [-0.1, -0.05) is 30.3 Å². The molecule has 0 aromatic heterocycles. The second kappa shape index (κ2) is 3.63. The predicted molar refractivity (Wildman–Crippen MR) is 54.5 cm³/mol. The van der Waals surface area contributed by atoms with Gasteiger partial charge in [0.25, 0.3) is 0 Å². The van der Waals surface area contributed by atoms with Crippen LogP contribution in [0.1, 0.15) is 6.92 Å². The minimum absolute atomic E-state index is 0. The van der Waals surface area contributed by atoms with Gasteiger partial charge in [0, 0.05) is 17.5 Å². The van der Waals surface area contributed by atoms with Crippen LogP contribution >= 0.6 is 12.4 Å². The summed E-state index contributed by atoms with van der Waals surface area (Å²) in [4.78, 5) is 0. The lowest BCUT2D eigenvalue weighted by Gasteiger charge is -2.08. The van der Waals surface area contributed by atoms with Crippen molar-refractivity contribution in [3.8, 4) is 0 Å². The standard InChI is InChI=1S/C10H11N.ClH/c1-8-10-5-3-2-4-9(10)6-7-11-8;/h2-6,11H,7H2,1H3;1H. The van der Waals surface area contributed by atoms with E-state index in [2.05, 4.69) is 42.6 Å². The van der Waals surface area contributed by atoms with Crippen LogP contribution in [0.4, 0.5) is 0 Å². The van der Waals surface area contributed by atoms with Crippen LogP contribution in [0.5, 0.6) is 0 Å². The van der Waals surface area contributed by atoms with Crippen molar-refractivity contribution in [1.82, 2.24) is 5.32 Å². The lowest BCUT2D eigenvalue weighted by molar-refractivity contribution is 0.997. The molecule has 0 radical (unpaired) electrons. The van der Waals surface area contributed by atoms with Crippen molar-refractivity contribution in [2.75, 3.05) is 6.54 Å². The number of fused-ring (bicyclic) bond motifs is 1. The normalized spacial score (nSPS) is 13.6. The van der Waals surface area contributed by atoms with E-state index in [9.17, 15) is 0 Å². The van der Waals surface area contributed by atoms with Gasteiger partial charge in [-0.25, -0.2) is 0 Å². The van der Waals surface area contributed by atoms with Gasteiger partial charge in [-0.15, -0.1) is 12.4 Å². The van der Waals surface area contributed by atoms with Crippen LogP contribution in [-0.2, 0) is 0 Å². The first-order chi connectivity index (χ1) is 5.38. The molecule has 2 rings (SSSR count). The second-order valence-electron chi connectivity index (χ2n) is 2.80. The highest BCUT2D eigenvalue weighted by Gasteiger charge is 1.95. The van der Waals surface area contributed by atoms with Gasteiger partial charge >= 0.3 is 0 Å². The topological polar surface area (TPSA) is 12.0 Å². The average molecular weight is 182 g/mol. The largest absolute Gasteiger partial charge is 0.385 e. The van der Waals surface area contributed by atoms with Gasteiger partial charge in [-0.05, 0) is 12.1 Å². The van der Waals surface area contributed by atoms with Crippen LogP contribution in [0.15, 0.2) is 24.3 Å². The molecular weight excluding hydrogens is 170 g/mol. The van der Waals surface area contributed by atoms with Gasteiger partial charge in [0.15, 0.2) is 0 Å². The van der Waals surface area contributed by atoms with Gasteiger partial charge in [0.1, 0.15) is 0 Å². The Balaban J connectivity index is 0.000000720. The quantitative estimate of drug-likeness (QED) is 0.619. The zero-order chi connectivity index (χ0) is 7.68. The highest BCUT2D eigenvalue weighted by atomic mass is 35.5. The van der Waals surface area contributed by atoms with Gasteiger partial charge in [-0.2, -0.15) is 0 Å². The first-order valence-corrected chi connectivity index (χ1v) is 3.88. The Morgan fingerprint density at radius 1 is 1.25 bits per heavy atom. The molecule has 0 unspecified atom stereocenters. The van der Waals surface area contributed by atoms with Crippen LogP contribution in [0.25, 0.3) is 11.8 Å². The van der Waals surface area contributed by atoms with Crippen molar-refractivity contribution in [2.24, 2.45) is 0 Å². The summed E-state index contributed by atoms with van der Waals surface area (Å²) in [6.07, 6.45) is 2.21. The Bertz CT molecular complexity index is 381. The van der Waals surface area contributed by atoms with Crippen molar-refractivity contribution in [3.05, 3.63) is 34.7 Å². The van der Waals surface area contributed by atoms with E-state index in [-0.39, 0.29) is 12.4 Å². The SMILES string of the molecule is CC1=c2ccccc2=CCN1.Cl. The number of halogens is 1. The average Bonchev–Trinajstić information content (AvgIpc) is 2.06. The van der Waals surface area contributed by atoms with Crippen LogP contribution in [-0.4, -0.2) is 6.54 Å². The van der Waals surface area contributed by atoms with E-state index < -0.39 is 0 Å². The summed E-state index contributed by atoms with van der Waals surface area (Å²) < 4.78 is 0. The molecular formula is C10H12ClN. The summed E-state index contributed by atoms with van der Waals surface area (Å²) in [7, 11) is 0. The molecule has 1 aliphatic rings. The van der Waals surface area contributed by atoms with E-state index in [1.165, 1.54) is 16.1 Å². The molecule has 0 atom stereocenters. The molecule has 0 fully saturated rings. The number of benzene rings is 1. The van der Waals surface area contributed by atoms with Gasteiger partial charge in [0.2, 0.25) is 0 Å². The molecule has 1 heterocycles. The summed E-state index contributed by atoms with van der Waals surface area (Å²) in [6.45, 7) is 3.08. The van der Waals surface area contributed by atoms with Crippen LogP contribution < -0.4 is 15.8 Å². The number of hydrogen-bond acceptors (Lipinski definition) is 1. The fourth-order valence-electron chi connectivity index (χ4n) is 1.43. The Kier molecular flexibility index (Phi) is 2.77. The van der Waals surface area contributed by atoms with E-state index in [0.717, 1.165) is 6.54 Å². The molecule has 0 bridgehead atoms. The smallest absolute Gasteiger partial charge is 0.0336 e. The minimum Gasteiger partial charge on any atom is -0.385 e. The summed E-state index contributed by atoms with van der Waals surface area (Å²) in [6, 6.07) is 8.45. The molecule has 1 aromatic carbocycles. The van der Waals surface area contributed by atoms with E-state index in [4.69, 9.17) is 0 Å². The molecule has 0 spiro atoms. The van der Waals surface area contributed by atoms with E-state index >= 15 is 0 Å². The maximum atomic E-state index is 3.30. The number of nitrogens with one attached hydrogen (secondary N) is 1. The third-order valence-corrected chi connectivity index (χ3v) is 2.05. The zero-order valence-electron chi connectivity index (χ0n) is 7.00. The highest BCUT2D eigenvalue weighted by Crippen LogP contribution is 1.85. The molecule has 1 N–H and O–H groups in total. The van der Waals surface area contributed by atoms with Gasteiger partial charge in [-0.3, -0.25) is 0 Å². The van der Waals surface area contributed by atoms with Crippen molar-refractivity contribution >= 4 is 24.2 Å². The number of hydrogen-bond donors (Lipinski definition) is 1. The molecule has 2 heteroatoms. The van der Waals surface area contributed by atoms with Crippen LogP contribution in [0.2, 0.25) is 0 Å². The maximum Gasteiger partial charge on any atom is 0.0336 e. The van der Waals surface area contributed by atoms with Gasteiger partial charge < -0.3 is 5.32 Å². The molecule has 1 aromatic rings. The molecule has 0 saturated carbocycles. The summed E-state index contributed by atoms with van der Waals surface area (Å²) in [5, 5.41) is 5.98. The zero-order valence-corrected chi connectivity index (χ0v) is 7.82. The lowest BCUT2D eigenvalue weighted by Crippen LogP contribution is -2.35. The Morgan fingerprint density at radius 2 is 2.00 bits per heavy atom. The van der Waals surface area contributed by atoms with E-state index in [0.29, 0.717) is 0 Å². The van der Waals surface area contributed by atoms with Crippen molar-refractivity contribution < 1.29 is 0 Å². The molecule has 1 aliphatic heterocycles. The summed E-state index contributed by atoms with van der Waals surface area (Å²) in [5.74, 6) is 0. The fraction of sp³-hybridized carbons (Fsp3) is 0.200. The van der Waals surface area contributed by atoms with Gasteiger partial charge in [0.05, 0.1) is 0 Å². The molecule has 12 heavy (non-hydrogen) atoms.